The molecule has 0 radical (unpaired) electrons. The topological polar surface area (TPSA) is 55.8 Å². The molecule has 0 fully saturated rings. The second-order valence-corrected chi connectivity index (χ2v) is 6.97. The Morgan fingerprint density at radius 3 is 2.32 bits per heavy atom. The molecule has 0 saturated carbocycles. The van der Waals surface area contributed by atoms with E-state index in [1.54, 1.807) is 23.1 Å². The second-order valence-electron chi connectivity index (χ2n) is 4.67. The van der Waals surface area contributed by atoms with E-state index in [-0.39, 0.29) is 11.9 Å². The van der Waals surface area contributed by atoms with Crippen LogP contribution in [0.25, 0.3) is 0 Å². The average Bonchev–Trinajstić information content (AvgIpc) is 2.72. The van der Waals surface area contributed by atoms with Gasteiger partial charge in [-0.2, -0.15) is 0 Å². The average molecular weight is 283 g/mol. The maximum atomic E-state index is 12.7. The zero-order chi connectivity index (χ0) is 14.2. The van der Waals surface area contributed by atoms with Crippen LogP contribution in [-0.4, -0.2) is 31.1 Å². The van der Waals surface area contributed by atoms with Crippen molar-refractivity contribution in [2.24, 2.45) is 0 Å². The van der Waals surface area contributed by atoms with E-state index in [0.717, 1.165) is 0 Å². The van der Waals surface area contributed by atoms with E-state index >= 15 is 0 Å². The van der Waals surface area contributed by atoms with E-state index in [1.807, 2.05) is 19.9 Å². The highest BCUT2D eigenvalue weighted by Crippen LogP contribution is 2.64. The number of carbonyl (C=O) groups excluding carboxylic acids is 1. The van der Waals surface area contributed by atoms with Crippen LogP contribution in [0.4, 0.5) is 0 Å². The van der Waals surface area contributed by atoms with Crippen LogP contribution in [0, 0.1) is 0 Å². The fourth-order valence-corrected chi connectivity index (χ4v) is 4.22. The van der Waals surface area contributed by atoms with Crippen molar-refractivity contribution in [3.05, 3.63) is 35.4 Å². The fourth-order valence-electron chi connectivity index (χ4n) is 2.43. The Kier molecular flexibility index (Phi) is 3.81. The van der Waals surface area contributed by atoms with Crippen molar-refractivity contribution in [3.63, 3.8) is 0 Å². The SMILES string of the molecule is COP(=O)(OC)C1c2ccccc2C(=O)N1C(C)C. The predicted molar refractivity (Wildman–Crippen MR) is 72.1 cm³/mol. The van der Waals surface area contributed by atoms with Crippen molar-refractivity contribution >= 4 is 13.5 Å². The summed E-state index contributed by atoms with van der Waals surface area (Å²) in [5, 5.41) is 0. The Morgan fingerprint density at radius 1 is 1.21 bits per heavy atom. The molecule has 0 aliphatic carbocycles. The molecule has 1 aromatic rings. The molecule has 0 bridgehead atoms. The lowest BCUT2D eigenvalue weighted by Crippen LogP contribution is -2.34. The smallest absolute Gasteiger partial charge is 0.318 e. The predicted octanol–water partition coefficient (Wildman–Crippen LogP) is 3.04. The van der Waals surface area contributed by atoms with Crippen molar-refractivity contribution in [2.45, 2.75) is 25.7 Å². The monoisotopic (exact) mass is 283 g/mol. The number of hydrogen-bond acceptors (Lipinski definition) is 4. The molecule has 1 aromatic carbocycles. The molecular weight excluding hydrogens is 265 g/mol. The first kappa shape index (κ1) is 14.3. The van der Waals surface area contributed by atoms with Crippen molar-refractivity contribution in [3.8, 4) is 0 Å². The van der Waals surface area contributed by atoms with Gasteiger partial charge >= 0.3 is 7.60 Å². The molecule has 1 aliphatic rings. The number of nitrogens with zero attached hydrogens (tertiary/aromatic N) is 1. The molecule has 0 saturated heterocycles. The highest BCUT2D eigenvalue weighted by atomic mass is 31.2. The van der Waals surface area contributed by atoms with E-state index in [2.05, 4.69) is 0 Å². The molecule has 2 rings (SSSR count). The molecule has 0 N–H and O–H groups in total. The van der Waals surface area contributed by atoms with Gasteiger partial charge in [0.05, 0.1) is 0 Å². The Balaban J connectivity index is 2.62. The molecule has 5 nitrogen and oxygen atoms in total. The van der Waals surface area contributed by atoms with Gasteiger partial charge in [0.25, 0.3) is 5.91 Å². The third-order valence-electron chi connectivity index (χ3n) is 3.33. The van der Waals surface area contributed by atoms with Crippen LogP contribution in [0.2, 0.25) is 0 Å². The van der Waals surface area contributed by atoms with Crippen molar-refractivity contribution in [1.82, 2.24) is 4.90 Å². The summed E-state index contributed by atoms with van der Waals surface area (Å²) in [5.41, 5.74) is 1.27. The molecule has 19 heavy (non-hydrogen) atoms. The zero-order valence-corrected chi connectivity index (χ0v) is 12.4. The third-order valence-corrected chi connectivity index (χ3v) is 5.48. The Bertz CT molecular complexity index is 535. The van der Waals surface area contributed by atoms with Crippen LogP contribution in [0.5, 0.6) is 0 Å². The molecule has 1 aliphatic heterocycles. The number of fused-ring (bicyclic) bond motifs is 1. The summed E-state index contributed by atoms with van der Waals surface area (Å²) < 4.78 is 22.9. The normalized spacial score (nSPS) is 19.1. The summed E-state index contributed by atoms with van der Waals surface area (Å²) in [6.45, 7) is 3.76. The van der Waals surface area contributed by atoms with Gasteiger partial charge in [0.1, 0.15) is 0 Å². The van der Waals surface area contributed by atoms with Gasteiger partial charge in [-0.15, -0.1) is 0 Å². The molecule has 1 heterocycles. The summed E-state index contributed by atoms with van der Waals surface area (Å²) in [6, 6.07) is 7.05. The molecule has 6 heteroatoms. The van der Waals surface area contributed by atoms with E-state index in [9.17, 15) is 9.36 Å². The Labute approximate surface area is 113 Å². The molecule has 1 unspecified atom stereocenters. The minimum absolute atomic E-state index is 0.0940. The van der Waals surface area contributed by atoms with E-state index < -0.39 is 13.4 Å². The first-order chi connectivity index (χ1) is 8.96. The number of hydrogen-bond donors (Lipinski definition) is 0. The van der Waals surface area contributed by atoms with Gasteiger partial charge in [0.15, 0.2) is 5.78 Å². The number of carbonyl (C=O) groups is 1. The molecule has 1 amide bonds. The van der Waals surface area contributed by atoms with Gasteiger partial charge in [-0.05, 0) is 25.5 Å². The summed E-state index contributed by atoms with van der Waals surface area (Å²) >= 11 is 0. The quantitative estimate of drug-likeness (QED) is 0.797. The van der Waals surface area contributed by atoms with Crippen LogP contribution in [0.3, 0.4) is 0 Å². The maximum absolute atomic E-state index is 12.7. The van der Waals surface area contributed by atoms with Crippen LogP contribution >= 0.6 is 7.60 Å². The van der Waals surface area contributed by atoms with E-state index in [1.165, 1.54) is 14.2 Å². The highest BCUT2D eigenvalue weighted by Gasteiger charge is 2.49. The summed E-state index contributed by atoms with van der Waals surface area (Å²) in [6.07, 6.45) is 0. The van der Waals surface area contributed by atoms with Crippen molar-refractivity contribution in [1.29, 1.82) is 0 Å². The van der Waals surface area contributed by atoms with E-state index in [0.29, 0.717) is 11.1 Å². The fraction of sp³-hybridized carbons (Fsp3) is 0.462. The summed E-state index contributed by atoms with van der Waals surface area (Å²) in [5.74, 6) is -0.809. The number of rotatable bonds is 4. The minimum Gasteiger partial charge on any atom is -0.318 e. The molecular formula is C13H18NO4P. The Hall–Kier alpha value is -1.16. The lowest BCUT2D eigenvalue weighted by atomic mass is 10.1. The third kappa shape index (κ3) is 2.12. The highest BCUT2D eigenvalue weighted by molar-refractivity contribution is 7.54. The number of benzene rings is 1. The summed E-state index contributed by atoms with van der Waals surface area (Å²) in [4.78, 5) is 14.0. The van der Waals surface area contributed by atoms with Gasteiger partial charge in [-0.1, -0.05) is 18.2 Å². The zero-order valence-electron chi connectivity index (χ0n) is 11.5. The number of amides is 1. The summed E-state index contributed by atoms with van der Waals surface area (Å²) in [7, 11) is -0.720. The molecule has 0 aromatic heterocycles. The lowest BCUT2D eigenvalue weighted by Gasteiger charge is -2.32. The standard InChI is InChI=1S/C13H18NO4P/c1-9(2)14-12(15)10-7-5-6-8-11(10)13(14)19(16,17-3)18-4/h5-9,13H,1-4H3. The molecule has 0 spiro atoms. The van der Waals surface area contributed by atoms with E-state index in [4.69, 9.17) is 9.05 Å². The second kappa shape index (κ2) is 5.08. The maximum Gasteiger partial charge on any atom is 0.357 e. The molecule has 104 valence electrons. The largest absolute Gasteiger partial charge is 0.357 e. The van der Waals surface area contributed by atoms with Crippen LogP contribution < -0.4 is 0 Å². The van der Waals surface area contributed by atoms with Crippen molar-refractivity contribution in [2.75, 3.05) is 14.2 Å². The lowest BCUT2D eigenvalue weighted by molar-refractivity contribution is 0.0690. The van der Waals surface area contributed by atoms with Crippen LogP contribution in [-0.2, 0) is 13.6 Å². The van der Waals surface area contributed by atoms with Crippen LogP contribution in [0.1, 0.15) is 35.6 Å². The first-order valence-corrected chi connectivity index (χ1v) is 7.70. The molecule has 1 atom stereocenters. The van der Waals surface area contributed by atoms with Gasteiger partial charge in [0, 0.05) is 25.8 Å². The van der Waals surface area contributed by atoms with Crippen molar-refractivity contribution < 1.29 is 18.4 Å². The minimum atomic E-state index is -3.40. The first-order valence-electron chi connectivity index (χ1n) is 6.09. The van der Waals surface area contributed by atoms with Gasteiger partial charge < -0.3 is 13.9 Å². The van der Waals surface area contributed by atoms with Gasteiger partial charge in [-0.3, -0.25) is 9.36 Å². The van der Waals surface area contributed by atoms with Gasteiger partial charge in [0.2, 0.25) is 0 Å². The van der Waals surface area contributed by atoms with Gasteiger partial charge in [-0.25, -0.2) is 0 Å². The van der Waals surface area contributed by atoms with Crippen LogP contribution in [0.15, 0.2) is 24.3 Å². The Morgan fingerprint density at radius 2 is 1.79 bits per heavy atom.